The van der Waals surface area contributed by atoms with Crippen LogP contribution in [0.2, 0.25) is 0 Å². The predicted octanol–water partition coefficient (Wildman–Crippen LogP) is 9.62. The Morgan fingerprint density at radius 2 is 1.22 bits per heavy atom. The SMILES string of the molecule is N#Cc1ccc2c(c1)C1(c3c(-c4nc(-c5ccccc5)nc(-c5ccc6ccccc6c5)n4)cccc3-2)C2CC3CC(C2)CC1C3. The first-order valence-electron chi connectivity index (χ1n) is 16.7. The summed E-state index contributed by atoms with van der Waals surface area (Å²) in [7, 11) is 0. The zero-order valence-electron chi connectivity index (χ0n) is 25.5. The van der Waals surface area contributed by atoms with Gasteiger partial charge in [-0.1, -0.05) is 91.0 Å². The fourth-order valence-electron chi connectivity index (χ4n) is 10.2. The molecule has 4 saturated carbocycles. The molecule has 6 aromatic rings. The number of rotatable bonds is 3. The zero-order chi connectivity index (χ0) is 30.4. The highest BCUT2D eigenvalue weighted by Gasteiger charge is 2.62. The van der Waals surface area contributed by atoms with Gasteiger partial charge in [0.25, 0.3) is 0 Å². The molecule has 11 rings (SSSR count). The van der Waals surface area contributed by atoms with E-state index in [4.69, 9.17) is 15.0 Å². The van der Waals surface area contributed by atoms with E-state index in [0.717, 1.165) is 39.9 Å². The molecular formula is C42H32N4. The minimum atomic E-state index is -0.121. The number of hydrogen-bond donors (Lipinski definition) is 0. The monoisotopic (exact) mass is 592 g/mol. The first-order chi connectivity index (χ1) is 22.7. The number of benzene rings is 5. The molecule has 1 aromatic heterocycles. The third-order valence-corrected chi connectivity index (χ3v) is 11.7. The van der Waals surface area contributed by atoms with Crippen molar-refractivity contribution in [3.63, 3.8) is 0 Å². The van der Waals surface area contributed by atoms with Crippen molar-refractivity contribution in [3.05, 3.63) is 126 Å². The van der Waals surface area contributed by atoms with Crippen LogP contribution >= 0.6 is 0 Å². The Bertz CT molecular complexity index is 2220. The lowest BCUT2D eigenvalue weighted by Crippen LogP contribution is -2.55. The minimum Gasteiger partial charge on any atom is -0.208 e. The van der Waals surface area contributed by atoms with Gasteiger partial charge in [-0.3, -0.25) is 0 Å². The molecule has 0 atom stereocenters. The largest absolute Gasteiger partial charge is 0.208 e. The Morgan fingerprint density at radius 1 is 0.543 bits per heavy atom. The van der Waals surface area contributed by atoms with Gasteiger partial charge in [0.05, 0.1) is 11.6 Å². The topological polar surface area (TPSA) is 62.5 Å². The van der Waals surface area contributed by atoms with Crippen LogP contribution in [0.25, 0.3) is 56.1 Å². The van der Waals surface area contributed by atoms with Crippen molar-refractivity contribution in [1.29, 1.82) is 5.26 Å². The Hall–Kier alpha value is -5.14. The lowest BCUT2D eigenvalue weighted by atomic mass is 9.43. The molecule has 1 spiro atoms. The summed E-state index contributed by atoms with van der Waals surface area (Å²) in [4.78, 5) is 15.6. The number of fused-ring (bicyclic) bond motifs is 4. The van der Waals surface area contributed by atoms with E-state index >= 15 is 0 Å². The summed E-state index contributed by atoms with van der Waals surface area (Å²) < 4.78 is 0. The molecule has 4 nitrogen and oxygen atoms in total. The number of aromatic nitrogens is 3. The summed E-state index contributed by atoms with van der Waals surface area (Å²) in [6.07, 6.45) is 6.47. The van der Waals surface area contributed by atoms with Gasteiger partial charge in [0, 0.05) is 22.1 Å². The molecule has 0 N–H and O–H groups in total. The summed E-state index contributed by atoms with van der Waals surface area (Å²) in [5.74, 6) is 4.89. The first-order valence-corrected chi connectivity index (χ1v) is 16.7. The molecule has 0 unspecified atom stereocenters. The normalized spacial score (nSPS) is 25.0. The first kappa shape index (κ1) is 26.1. The maximum absolute atomic E-state index is 10.0. The maximum atomic E-state index is 10.0. The second kappa shape index (κ2) is 9.68. The van der Waals surface area contributed by atoms with E-state index in [2.05, 4.69) is 91.0 Å². The Labute approximate surface area is 268 Å². The number of nitriles is 1. The zero-order valence-corrected chi connectivity index (χ0v) is 25.5. The molecule has 5 aliphatic rings. The van der Waals surface area contributed by atoms with Crippen molar-refractivity contribution in [2.24, 2.45) is 23.7 Å². The van der Waals surface area contributed by atoms with Gasteiger partial charge in [-0.15, -0.1) is 0 Å². The highest BCUT2D eigenvalue weighted by molar-refractivity contribution is 5.90. The number of hydrogen-bond acceptors (Lipinski definition) is 4. The van der Waals surface area contributed by atoms with E-state index in [1.165, 1.54) is 65.1 Å². The summed E-state index contributed by atoms with van der Waals surface area (Å²) in [5, 5.41) is 12.4. The van der Waals surface area contributed by atoms with Gasteiger partial charge in [-0.25, -0.2) is 15.0 Å². The van der Waals surface area contributed by atoms with Crippen LogP contribution in [0.1, 0.15) is 48.8 Å². The van der Waals surface area contributed by atoms with Gasteiger partial charge in [0.15, 0.2) is 17.5 Å². The van der Waals surface area contributed by atoms with Crippen molar-refractivity contribution in [2.75, 3.05) is 0 Å². The molecule has 0 radical (unpaired) electrons. The smallest absolute Gasteiger partial charge is 0.164 e. The molecule has 1 heterocycles. The minimum absolute atomic E-state index is 0.121. The van der Waals surface area contributed by atoms with E-state index in [1.54, 1.807) is 0 Å². The quantitative estimate of drug-likeness (QED) is 0.205. The standard InChI is InChI=1S/C42H32N4/c43-24-25-13-16-34-35-11-6-12-36(38(35)42(37(34)22-25)32-18-26-17-27(20-32)21-33(42)19-26)41-45-39(29-8-2-1-3-9-29)44-40(46-41)31-15-14-28-7-4-5-10-30(28)23-31/h1-16,22-23,26-27,32-33H,17-21H2. The Morgan fingerprint density at radius 3 is 1.98 bits per heavy atom. The highest BCUT2D eigenvalue weighted by atomic mass is 15.0. The molecular weight excluding hydrogens is 560 g/mol. The summed E-state index contributed by atoms with van der Waals surface area (Å²) in [6, 6.07) is 40.8. The average Bonchev–Trinajstić information content (AvgIpc) is 3.40. The molecule has 46 heavy (non-hydrogen) atoms. The van der Waals surface area contributed by atoms with Crippen LogP contribution < -0.4 is 0 Å². The van der Waals surface area contributed by atoms with E-state index < -0.39 is 0 Å². The average molecular weight is 593 g/mol. The Balaban J connectivity index is 1.24. The van der Waals surface area contributed by atoms with Gasteiger partial charge in [-0.2, -0.15) is 5.26 Å². The number of nitrogens with zero attached hydrogens (tertiary/aromatic N) is 4. The van der Waals surface area contributed by atoms with Crippen molar-refractivity contribution >= 4 is 10.8 Å². The molecule has 0 aliphatic heterocycles. The molecule has 5 aliphatic carbocycles. The second-order valence-electron chi connectivity index (χ2n) is 14.0. The summed E-state index contributed by atoms with van der Waals surface area (Å²) in [5.41, 5.74) is 9.05. The van der Waals surface area contributed by atoms with Gasteiger partial charge in [-0.05, 0) is 107 Å². The van der Waals surface area contributed by atoms with Crippen LogP contribution in [0.15, 0.2) is 109 Å². The lowest BCUT2D eigenvalue weighted by Gasteiger charge is -2.61. The third-order valence-electron chi connectivity index (χ3n) is 11.7. The third kappa shape index (κ3) is 3.63. The van der Waals surface area contributed by atoms with Gasteiger partial charge < -0.3 is 0 Å². The summed E-state index contributed by atoms with van der Waals surface area (Å²) >= 11 is 0. The predicted molar refractivity (Wildman–Crippen MR) is 182 cm³/mol. The van der Waals surface area contributed by atoms with Crippen molar-refractivity contribution in [3.8, 4) is 51.4 Å². The van der Waals surface area contributed by atoms with Crippen LogP contribution in [0.3, 0.4) is 0 Å². The molecule has 4 bridgehead atoms. The second-order valence-corrected chi connectivity index (χ2v) is 14.0. The molecule has 0 amide bonds. The Kier molecular flexibility index (Phi) is 5.49. The van der Waals surface area contributed by atoms with Crippen molar-refractivity contribution < 1.29 is 0 Å². The van der Waals surface area contributed by atoms with Crippen LogP contribution in [-0.2, 0) is 5.41 Å². The molecule has 4 heteroatoms. The van der Waals surface area contributed by atoms with Crippen LogP contribution in [0.5, 0.6) is 0 Å². The molecule has 220 valence electrons. The fraction of sp³-hybridized carbons (Fsp3) is 0.238. The maximum Gasteiger partial charge on any atom is 0.164 e. The van der Waals surface area contributed by atoms with E-state index in [1.807, 2.05) is 24.3 Å². The van der Waals surface area contributed by atoms with Crippen molar-refractivity contribution in [2.45, 2.75) is 37.5 Å². The van der Waals surface area contributed by atoms with Crippen LogP contribution in [-0.4, -0.2) is 15.0 Å². The highest BCUT2D eigenvalue weighted by Crippen LogP contribution is 2.70. The molecule has 4 fully saturated rings. The van der Waals surface area contributed by atoms with Crippen LogP contribution in [0.4, 0.5) is 0 Å². The van der Waals surface area contributed by atoms with Gasteiger partial charge in [0.1, 0.15) is 0 Å². The van der Waals surface area contributed by atoms with Gasteiger partial charge >= 0.3 is 0 Å². The van der Waals surface area contributed by atoms with Crippen LogP contribution in [0, 0.1) is 35.0 Å². The van der Waals surface area contributed by atoms with E-state index in [0.29, 0.717) is 23.5 Å². The van der Waals surface area contributed by atoms with Gasteiger partial charge in [0.2, 0.25) is 0 Å². The van der Waals surface area contributed by atoms with E-state index in [9.17, 15) is 5.26 Å². The fourth-order valence-corrected chi connectivity index (χ4v) is 10.2. The molecule has 0 saturated heterocycles. The summed E-state index contributed by atoms with van der Waals surface area (Å²) in [6.45, 7) is 0. The van der Waals surface area contributed by atoms with E-state index in [-0.39, 0.29) is 5.41 Å². The van der Waals surface area contributed by atoms with Crippen molar-refractivity contribution in [1.82, 2.24) is 15.0 Å². The lowest BCUT2D eigenvalue weighted by molar-refractivity contribution is -0.0397. The molecule has 5 aromatic carbocycles.